The number of aliphatic hydroxyl groups excluding tert-OH is 1. The van der Waals surface area contributed by atoms with E-state index in [4.69, 9.17) is 5.11 Å². The molecule has 19 heavy (non-hydrogen) atoms. The highest BCUT2D eigenvalue weighted by atomic mass is 19.4. The molecule has 3 nitrogen and oxygen atoms in total. The van der Waals surface area contributed by atoms with Crippen molar-refractivity contribution in [3.63, 3.8) is 0 Å². The zero-order valence-electron chi connectivity index (χ0n) is 10.2. The van der Waals surface area contributed by atoms with Crippen molar-refractivity contribution in [1.82, 2.24) is 5.32 Å². The topological polar surface area (TPSA) is 49.3 Å². The number of aliphatic hydroxyl groups is 1. The molecule has 1 aromatic carbocycles. The number of benzene rings is 1. The lowest BCUT2D eigenvalue weighted by atomic mass is 10.1. The molecule has 0 radical (unpaired) electrons. The van der Waals surface area contributed by atoms with Crippen LogP contribution in [-0.2, 0) is 11.0 Å². The summed E-state index contributed by atoms with van der Waals surface area (Å²) in [6.07, 6.45) is -1.76. The first-order chi connectivity index (χ1) is 8.82. The molecule has 0 heterocycles. The fourth-order valence-electron chi connectivity index (χ4n) is 1.29. The summed E-state index contributed by atoms with van der Waals surface area (Å²) in [6.45, 7) is 1.45. The van der Waals surface area contributed by atoms with Gasteiger partial charge in [-0.2, -0.15) is 13.2 Å². The maximum absolute atomic E-state index is 12.3. The lowest BCUT2D eigenvalue weighted by Crippen LogP contribution is -2.33. The average Bonchev–Trinajstić information content (AvgIpc) is 2.35. The van der Waals surface area contributed by atoms with E-state index in [0.717, 1.165) is 12.1 Å². The van der Waals surface area contributed by atoms with E-state index in [1.165, 1.54) is 24.3 Å². The summed E-state index contributed by atoms with van der Waals surface area (Å²) in [6, 6.07) is 4.09. The number of nitrogens with one attached hydrogen (secondary N) is 1. The Bertz CT molecular complexity index is 452. The van der Waals surface area contributed by atoms with E-state index in [2.05, 4.69) is 5.32 Å². The molecule has 0 bridgehead atoms. The second-order valence-corrected chi connectivity index (χ2v) is 4.05. The quantitative estimate of drug-likeness (QED) is 0.826. The third-order valence-electron chi connectivity index (χ3n) is 2.33. The van der Waals surface area contributed by atoms with Crippen LogP contribution in [0.25, 0.3) is 6.08 Å². The Labute approximate surface area is 108 Å². The van der Waals surface area contributed by atoms with Gasteiger partial charge in [-0.1, -0.05) is 12.1 Å². The van der Waals surface area contributed by atoms with Crippen molar-refractivity contribution in [3.05, 3.63) is 41.5 Å². The Morgan fingerprint density at radius 2 is 1.95 bits per heavy atom. The van der Waals surface area contributed by atoms with Gasteiger partial charge in [-0.25, -0.2) is 0 Å². The molecule has 2 N–H and O–H groups in total. The summed E-state index contributed by atoms with van der Waals surface area (Å²) < 4.78 is 36.9. The standard InChI is InChI=1S/C13H14F3NO2/c1-9(8-18)17-12(19)7-4-10-2-5-11(6-3-10)13(14,15)16/h2-7,9,18H,8H2,1H3,(H,17,19)/b7-4+. The third-order valence-corrected chi connectivity index (χ3v) is 2.33. The first-order valence-electron chi connectivity index (χ1n) is 5.59. The number of carbonyl (C=O) groups is 1. The van der Waals surface area contributed by atoms with Gasteiger partial charge in [-0.3, -0.25) is 4.79 Å². The highest BCUT2D eigenvalue weighted by Crippen LogP contribution is 2.29. The van der Waals surface area contributed by atoms with E-state index in [1.807, 2.05) is 0 Å². The molecule has 0 aliphatic carbocycles. The van der Waals surface area contributed by atoms with Crippen molar-refractivity contribution in [3.8, 4) is 0 Å². The fourth-order valence-corrected chi connectivity index (χ4v) is 1.29. The second-order valence-electron chi connectivity index (χ2n) is 4.05. The minimum atomic E-state index is -4.36. The van der Waals surface area contributed by atoms with Gasteiger partial charge in [0, 0.05) is 12.1 Å². The minimum Gasteiger partial charge on any atom is -0.394 e. The second kappa shape index (κ2) is 6.38. The molecule has 0 fully saturated rings. The van der Waals surface area contributed by atoms with Gasteiger partial charge in [0.05, 0.1) is 12.2 Å². The molecule has 6 heteroatoms. The average molecular weight is 273 g/mol. The van der Waals surface area contributed by atoms with Gasteiger partial charge < -0.3 is 10.4 Å². The van der Waals surface area contributed by atoms with E-state index in [-0.39, 0.29) is 12.6 Å². The number of alkyl halides is 3. The van der Waals surface area contributed by atoms with Crippen molar-refractivity contribution in [2.24, 2.45) is 0 Å². The number of hydrogen-bond acceptors (Lipinski definition) is 2. The van der Waals surface area contributed by atoms with Crippen LogP contribution in [-0.4, -0.2) is 23.7 Å². The lowest BCUT2D eigenvalue weighted by molar-refractivity contribution is -0.137. The van der Waals surface area contributed by atoms with Gasteiger partial charge >= 0.3 is 6.18 Å². The van der Waals surface area contributed by atoms with E-state index in [1.54, 1.807) is 6.92 Å². The predicted octanol–water partition coefficient (Wildman–Crippen LogP) is 2.22. The summed E-state index contributed by atoms with van der Waals surface area (Å²) in [5.74, 6) is -0.415. The molecule has 1 amide bonds. The molecule has 0 spiro atoms. The van der Waals surface area contributed by atoms with Gasteiger partial charge in [0.25, 0.3) is 0 Å². The zero-order valence-corrected chi connectivity index (χ0v) is 10.2. The summed E-state index contributed by atoms with van der Waals surface area (Å²) in [7, 11) is 0. The molecule has 1 unspecified atom stereocenters. The number of rotatable bonds is 4. The largest absolute Gasteiger partial charge is 0.416 e. The summed E-state index contributed by atoms with van der Waals surface area (Å²) >= 11 is 0. The van der Waals surface area contributed by atoms with Crippen LogP contribution in [0.3, 0.4) is 0 Å². The molecule has 0 saturated carbocycles. The maximum Gasteiger partial charge on any atom is 0.416 e. The van der Waals surface area contributed by atoms with Gasteiger partial charge in [-0.05, 0) is 30.7 Å². The first-order valence-corrected chi connectivity index (χ1v) is 5.59. The van der Waals surface area contributed by atoms with Crippen molar-refractivity contribution in [2.75, 3.05) is 6.61 Å². The van der Waals surface area contributed by atoms with E-state index >= 15 is 0 Å². The van der Waals surface area contributed by atoms with Crippen molar-refractivity contribution < 1.29 is 23.1 Å². The molecular weight excluding hydrogens is 259 g/mol. The molecule has 0 saturated heterocycles. The number of hydrogen-bond donors (Lipinski definition) is 2. The Morgan fingerprint density at radius 3 is 2.42 bits per heavy atom. The van der Waals surface area contributed by atoms with Crippen molar-refractivity contribution in [2.45, 2.75) is 19.1 Å². The van der Waals surface area contributed by atoms with Crippen LogP contribution >= 0.6 is 0 Å². The molecular formula is C13H14F3NO2. The number of carbonyl (C=O) groups excluding carboxylic acids is 1. The molecule has 1 rings (SSSR count). The Morgan fingerprint density at radius 1 is 1.37 bits per heavy atom. The Kier molecular flexibility index (Phi) is 5.11. The summed E-state index contributed by atoms with van der Waals surface area (Å²) in [5, 5.41) is 11.2. The number of halogens is 3. The van der Waals surface area contributed by atoms with Crippen molar-refractivity contribution >= 4 is 12.0 Å². The van der Waals surface area contributed by atoms with E-state index in [0.29, 0.717) is 5.56 Å². The smallest absolute Gasteiger partial charge is 0.394 e. The molecule has 0 aliphatic rings. The third kappa shape index (κ3) is 5.13. The van der Waals surface area contributed by atoms with Crippen LogP contribution in [0.1, 0.15) is 18.1 Å². The number of amides is 1. The van der Waals surface area contributed by atoms with Crippen LogP contribution in [0.5, 0.6) is 0 Å². The van der Waals surface area contributed by atoms with Crippen LogP contribution in [0, 0.1) is 0 Å². The van der Waals surface area contributed by atoms with Gasteiger partial charge in [0.15, 0.2) is 0 Å². The zero-order chi connectivity index (χ0) is 14.5. The van der Waals surface area contributed by atoms with Crippen LogP contribution in [0.4, 0.5) is 13.2 Å². The monoisotopic (exact) mass is 273 g/mol. The normalized spacial score (nSPS) is 13.5. The Balaban J connectivity index is 2.65. The highest BCUT2D eigenvalue weighted by molar-refractivity contribution is 5.91. The summed E-state index contributed by atoms with van der Waals surface area (Å²) in [4.78, 5) is 11.3. The van der Waals surface area contributed by atoms with Gasteiger partial charge in [-0.15, -0.1) is 0 Å². The van der Waals surface area contributed by atoms with E-state index < -0.39 is 17.6 Å². The molecule has 0 aromatic heterocycles. The van der Waals surface area contributed by atoms with E-state index in [9.17, 15) is 18.0 Å². The van der Waals surface area contributed by atoms with Gasteiger partial charge in [0.1, 0.15) is 0 Å². The molecule has 1 aromatic rings. The minimum absolute atomic E-state index is 0.181. The first kappa shape index (κ1) is 15.2. The SMILES string of the molecule is CC(CO)NC(=O)/C=C/c1ccc(C(F)(F)F)cc1. The highest BCUT2D eigenvalue weighted by Gasteiger charge is 2.29. The molecule has 1 atom stereocenters. The molecule has 104 valence electrons. The molecule has 0 aliphatic heterocycles. The van der Waals surface area contributed by atoms with Gasteiger partial charge in [0.2, 0.25) is 5.91 Å². The maximum atomic E-state index is 12.3. The van der Waals surface area contributed by atoms with Crippen molar-refractivity contribution in [1.29, 1.82) is 0 Å². The fraction of sp³-hybridized carbons (Fsp3) is 0.308. The van der Waals surface area contributed by atoms with Crippen LogP contribution < -0.4 is 5.32 Å². The van der Waals surface area contributed by atoms with Crippen LogP contribution in [0.2, 0.25) is 0 Å². The summed E-state index contributed by atoms with van der Waals surface area (Å²) in [5.41, 5.74) is -0.247. The Hall–Kier alpha value is -1.82. The lowest BCUT2D eigenvalue weighted by Gasteiger charge is -2.08. The predicted molar refractivity (Wildman–Crippen MR) is 65.2 cm³/mol. The van der Waals surface area contributed by atoms with Crippen LogP contribution in [0.15, 0.2) is 30.3 Å².